The van der Waals surface area contributed by atoms with Crippen molar-refractivity contribution in [2.24, 2.45) is 5.10 Å². The summed E-state index contributed by atoms with van der Waals surface area (Å²) in [5.41, 5.74) is 3.68. The van der Waals surface area contributed by atoms with Crippen LogP contribution in [0.4, 0.5) is 10.1 Å². The summed E-state index contributed by atoms with van der Waals surface area (Å²) in [6, 6.07) is 19.6. The third-order valence-corrected chi connectivity index (χ3v) is 4.39. The number of benzene rings is 3. The van der Waals surface area contributed by atoms with E-state index in [0.29, 0.717) is 16.9 Å². The fourth-order valence-corrected chi connectivity index (χ4v) is 2.68. The maximum Gasteiger partial charge on any atom is 0.271 e. The van der Waals surface area contributed by atoms with Gasteiger partial charge in [0.15, 0.2) is 6.61 Å². The fraction of sp³-hybridized carbons (Fsp3) is 0.0455. The number of anilines is 1. The molecule has 0 fully saturated rings. The molecule has 3 aromatic rings. The monoisotopic (exact) mass is 469 g/mol. The number of halogens is 2. The Hall–Kier alpha value is -3.52. The van der Waals surface area contributed by atoms with Gasteiger partial charge in [0, 0.05) is 10.0 Å². The number of hydrazone groups is 1. The number of rotatable bonds is 7. The van der Waals surface area contributed by atoms with Crippen molar-refractivity contribution in [3.8, 4) is 5.75 Å². The van der Waals surface area contributed by atoms with Gasteiger partial charge in [-0.05, 0) is 54.1 Å². The van der Waals surface area contributed by atoms with Crippen LogP contribution in [0.25, 0.3) is 0 Å². The van der Waals surface area contributed by atoms with E-state index in [0.717, 1.165) is 4.47 Å². The third-order valence-electron chi connectivity index (χ3n) is 3.86. The number of para-hydroxylation sites is 1. The second-order valence-electron chi connectivity index (χ2n) is 6.10. The number of ether oxygens (including phenoxy) is 1. The molecule has 0 aliphatic carbocycles. The van der Waals surface area contributed by atoms with Gasteiger partial charge in [0.2, 0.25) is 0 Å². The van der Waals surface area contributed by atoms with Crippen LogP contribution in [0.5, 0.6) is 5.75 Å². The summed E-state index contributed by atoms with van der Waals surface area (Å²) in [5.74, 6) is -0.909. The Morgan fingerprint density at radius 1 is 1.03 bits per heavy atom. The van der Waals surface area contributed by atoms with Gasteiger partial charge in [0.25, 0.3) is 11.8 Å². The molecule has 6 nitrogen and oxygen atoms in total. The highest BCUT2D eigenvalue weighted by molar-refractivity contribution is 9.10. The molecule has 8 heteroatoms. The Morgan fingerprint density at radius 2 is 1.80 bits per heavy atom. The van der Waals surface area contributed by atoms with Crippen molar-refractivity contribution in [2.45, 2.75) is 0 Å². The Balaban J connectivity index is 1.52. The van der Waals surface area contributed by atoms with Gasteiger partial charge in [0.05, 0.1) is 11.9 Å². The first-order chi connectivity index (χ1) is 14.5. The maximum absolute atomic E-state index is 13.6. The molecule has 3 rings (SSSR count). The number of carbonyl (C=O) groups is 2. The Kier molecular flexibility index (Phi) is 7.29. The van der Waals surface area contributed by atoms with Gasteiger partial charge in [-0.15, -0.1) is 0 Å². The van der Waals surface area contributed by atoms with E-state index >= 15 is 0 Å². The minimum absolute atomic E-state index is 0.0912. The van der Waals surface area contributed by atoms with Crippen molar-refractivity contribution in [2.75, 3.05) is 11.9 Å². The highest BCUT2D eigenvalue weighted by Crippen LogP contribution is 2.14. The summed E-state index contributed by atoms with van der Waals surface area (Å²) in [4.78, 5) is 24.0. The van der Waals surface area contributed by atoms with E-state index in [1.54, 1.807) is 54.6 Å². The first kappa shape index (κ1) is 21.2. The van der Waals surface area contributed by atoms with Crippen molar-refractivity contribution in [1.29, 1.82) is 0 Å². The van der Waals surface area contributed by atoms with Gasteiger partial charge >= 0.3 is 0 Å². The molecule has 0 aliphatic rings. The van der Waals surface area contributed by atoms with Crippen LogP contribution in [0.15, 0.2) is 82.4 Å². The molecular weight excluding hydrogens is 453 g/mol. The van der Waals surface area contributed by atoms with Crippen molar-refractivity contribution in [3.05, 3.63) is 94.2 Å². The molecule has 0 radical (unpaired) electrons. The lowest BCUT2D eigenvalue weighted by atomic mass is 10.2. The van der Waals surface area contributed by atoms with Gasteiger partial charge in [-0.1, -0.05) is 40.2 Å². The number of nitrogens with one attached hydrogen (secondary N) is 2. The zero-order valence-electron chi connectivity index (χ0n) is 15.6. The molecule has 0 bridgehead atoms. The van der Waals surface area contributed by atoms with E-state index in [-0.39, 0.29) is 18.2 Å². The molecule has 0 spiro atoms. The molecule has 0 saturated carbocycles. The van der Waals surface area contributed by atoms with Gasteiger partial charge in [-0.2, -0.15) is 5.10 Å². The predicted molar refractivity (Wildman–Crippen MR) is 116 cm³/mol. The molecule has 0 aromatic heterocycles. The average molecular weight is 470 g/mol. The van der Waals surface area contributed by atoms with Crippen LogP contribution in [0.3, 0.4) is 0 Å². The first-order valence-electron chi connectivity index (χ1n) is 8.87. The summed E-state index contributed by atoms with van der Waals surface area (Å²) in [7, 11) is 0. The molecule has 0 saturated heterocycles. The van der Waals surface area contributed by atoms with Crippen LogP contribution in [-0.2, 0) is 4.79 Å². The van der Waals surface area contributed by atoms with E-state index in [1.807, 2.05) is 0 Å². The van der Waals surface area contributed by atoms with Crippen molar-refractivity contribution >= 4 is 39.6 Å². The normalized spacial score (nSPS) is 10.6. The SMILES string of the molecule is O=C(COc1cccc(C=NNC(=O)c2ccc(Br)cc2)c1)Nc1ccccc1F. The molecule has 3 aromatic carbocycles. The molecule has 0 atom stereocenters. The maximum atomic E-state index is 13.6. The average Bonchev–Trinajstić information content (AvgIpc) is 2.75. The molecule has 30 heavy (non-hydrogen) atoms. The minimum atomic E-state index is -0.519. The van der Waals surface area contributed by atoms with Crippen LogP contribution in [0.2, 0.25) is 0 Å². The highest BCUT2D eigenvalue weighted by atomic mass is 79.9. The number of amides is 2. The minimum Gasteiger partial charge on any atom is -0.484 e. The standard InChI is InChI=1S/C22H17BrFN3O3/c23-17-10-8-16(9-11-17)22(29)27-25-13-15-4-3-5-18(12-15)30-14-21(28)26-20-7-2-1-6-19(20)24/h1-13H,14H2,(H,26,28)(H,27,29). The molecule has 0 heterocycles. The lowest BCUT2D eigenvalue weighted by molar-refractivity contribution is -0.118. The third kappa shape index (κ3) is 6.25. The van der Waals surface area contributed by atoms with E-state index < -0.39 is 11.7 Å². The molecule has 2 N–H and O–H groups in total. The first-order valence-corrected chi connectivity index (χ1v) is 9.67. The van der Waals surface area contributed by atoms with E-state index in [4.69, 9.17) is 4.74 Å². The van der Waals surface area contributed by atoms with Crippen LogP contribution >= 0.6 is 15.9 Å². The van der Waals surface area contributed by atoms with Gasteiger partial charge in [-0.25, -0.2) is 9.82 Å². The topological polar surface area (TPSA) is 79.8 Å². The lowest BCUT2D eigenvalue weighted by Crippen LogP contribution is -2.20. The predicted octanol–water partition coefficient (Wildman–Crippen LogP) is 4.37. The Bertz CT molecular complexity index is 1070. The second-order valence-corrected chi connectivity index (χ2v) is 7.01. The molecule has 2 amide bonds. The van der Waals surface area contributed by atoms with E-state index in [2.05, 4.69) is 31.8 Å². The molecule has 152 valence electrons. The molecule has 0 aliphatic heterocycles. The quantitative estimate of drug-likeness (QED) is 0.398. The van der Waals surface area contributed by atoms with Crippen molar-refractivity contribution in [1.82, 2.24) is 5.43 Å². The zero-order valence-corrected chi connectivity index (χ0v) is 17.2. The smallest absolute Gasteiger partial charge is 0.271 e. The van der Waals surface area contributed by atoms with Crippen LogP contribution in [0, 0.1) is 5.82 Å². The number of hydrogen-bond acceptors (Lipinski definition) is 4. The Morgan fingerprint density at radius 3 is 2.57 bits per heavy atom. The summed E-state index contributed by atoms with van der Waals surface area (Å²) in [6.07, 6.45) is 1.46. The van der Waals surface area contributed by atoms with Crippen LogP contribution in [0.1, 0.15) is 15.9 Å². The van der Waals surface area contributed by atoms with Gasteiger partial charge < -0.3 is 10.1 Å². The Labute approximate surface area is 180 Å². The van der Waals surface area contributed by atoms with Crippen molar-refractivity contribution < 1.29 is 18.7 Å². The summed E-state index contributed by atoms with van der Waals surface area (Å²) in [5, 5.41) is 6.37. The number of hydrogen-bond donors (Lipinski definition) is 2. The summed E-state index contributed by atoms with van der Waals surface area (Å²) >= 11 is 3.31. The van der Waals surface area contributed by atoms with Crippen LogP contribution in [-0.4, -0.2) is 24.6 Å². The second kappa shape index (κ2) is 10.3. The highest BCUT2D eigenvalue weighted by Gasteiger charge is 2.07. The zero-order chi connectivity index (χ0) is 21.3. The fourth-order valence-electron chi connectivity index (χ4n) is 2.41. The lowest BCUT2D eigenvalue weighted by Gasteiger charge is -2.08. The van der Waals surface area contributed by atoms with E-state index in [1.165, 1.54) is 24.4 Å². The molecule has 0 unspecified atom stereocenters. The van der Waals surface area contributed by atoms with Gasteiger partial charge in [0.1, 0.15) is 11.6 Å². The van der Waals surface area contributed by atoms with Gasteiger partial charge in [-0.3, -0.25) is 9.59 Å². The summed E-state index contributed by atoms with van der Waals surface area (Å²) < 4.78 is 19.9. The van der Waals surface area contributed by atoms with E-state index in [9.17, 15) is 14.0 Å². The number of carbonyl (C=O) groups excluding carboxylic acids is 2. The molecular formula is C22H17BrFN3O3. The van der Waals surface area contributed by atoms with Crippen molar-refractivity contribution in [3.63, 3.8) is 0 Å². The van der Waals surface area contributed by atoms with Crippen LogP contribution < -0.4 is 15.5 Å². The largest absolute Gasteiger partial charge is 0.484 e. The summed E-state index contributed by atoms with van der Waals surface area (Å²) in [6.45, 7) is -0.283. The number of nitrogens with zero attached hydrogens (tertiary/aromatic N) is 1.